The topological polar surface area (TPSA) is 59.8 Å². The molecule has 104 valence electrons. The highest BCUT2D eigenvalue weighted by Gasteiger charge is 2.26. The molecule has 0 spiro atoms. The van der Waals surface area contributed by atoms with Gasteiger partial charge in [-0.1, -0.05) is 18.6 Å². The fraction of sp³-hybridized carbons (Fsp3) is 0.400. The lowest BCUT2D eigenvalue weighted by Gasteiger charge is -2.26. The number of hydrogen-bond acceptors (Lipinski definition) is 3. The van der Waals surface area contributed by atoms with E-state index >= 15 is 0 Å². The van der Waals surface area contributed by atoms with Gasteiger partial charge >= 0.3 is 0 Å². The fourth-order valence-corrected chi connectivity index (χ4v) is 2.34. The van der Waals surface area contributed by atoms with Gasteiger partial charge in [0.15, 0.2) is 0 Å². The summed E-state index contributed by atoms with van der Waals surface area (Å²) < 4.78 is 1.71. The monoisotopic (exact) mass is 270 g/mol. The van der Waals surface area contributed by atoms with Crippen LogP contribution in [0.3, 0.4) is 0 Å². The van der Waals surface area contributed by atoms with E-state index in [0.29, 0.717) is 0 Å². The van der Waals surface area contributed by atoms with Crippen molar-refractivity contribution in [2.45, 2.75) is 32.2 Å². The van der Waals surface area contributed by atoms with Crippen molar-refractivity contribution in [2.75, 3.05) is 0 Å². The molecule has 3 rings (SSSR count). The summed E-state index contributed by atoms with van der Waals surface area (Å²) in [6.45, 7) is 2.01. The number of aromatic nitrogens is 3. The first-order chi connectivity index (χ1) is 9.74. The minimum atomic E-state index is 0.0351. The molecule has 1 saturated carbocycles. The van der Waals surface area contributed by atoms with Crippen molar-refractivity contribution < 1.29 is 4.79 Å². The van der Waals surface area contributed by atoms with E-state index in [1.807, 2.05) is 31.2 Å². The molecule has 1 aliphatic carbocycles. The maximum absolute atomic E-state index is 11.9. The Balaban J connectivity index is 1.66. The molecule has 0 aliphatic heterocycles. The quantitative estimate of drug-likeness (QED) is 0.927. The average molecular weight is 270 g/mol. The third kappa shape index (κ3) is 2.57. The second-order valence-electron chi connectivity index (χ2n) is 5.29. The molecule has 5 nitrogen and oxygen atoms in total. The van der Waals surface area contributed by atoms with Gasteiger partial charge in [0.25, 0.3) is 0 Å². The number of rotatable bonds is 4. The second kappa shape index (κ2) is 5.45. The van der Waals surface area contributed by atoms with E-state index in [-0.39, 0.29) is 17.9 Å². The molecule has 1 N–H and O–H groups in total. The molecule has 2 aromatic rings. The van der Waals surface area contributed by atoms with Crippen molar-refractivity contribution in [3.05, 3.63) is 42.5 Å². The Hall–Kier alpha value is -2.17. The Morgan fingerprint density at radius 2 is 2.10 bits per heavy atom. The van der Waals surface area contributed by atoms with Crippen molar-refractivity contribution >= 4 is 5.91 Å². The fourth-order valence-electron chi connectivity index (χ4n) is 2.34. The summed E-state index contributed by atoms with van der Waals surface area (Å²) in [4.78, 5) is 15.9. The number of nitrogens with one attached hydrogen (secondary N) is 1. The summed E-state index contributed by atoms with van der Waals surface area (Å²) in [6, 6.07) is 8.03. The van der Waals surface area contributed by atoms with E-state index in [4.69, 9.17) is 0 Å². The maximum atomic E-state index is 11.9. The van der Waals surface area contributed by atoms with Crippen molar-refractivity contribution in [1.29, 1.82) is 0 Å². The molecule has 1 atom stereocenters. The van der Waals surface area contributed by atoms with E-state index in [1.165, 1.54) is 12.7 Å². The molecule has 1 aromatic heterocycles. The molecule has 20 heavy (non-hydrogen) atoms. The summed E-state index contributed by atoms with van der Waals surface area (Å²) in [6.07, 6.45) is 6.42. The maximum Gasteiger partial charge on any atom is 0.223 e. The predicted molar refractivity (Wildman–Crippen MR) is 75.3 cm³/mol. The number of amides is 1. The van der Waals surface area contributed by atoms with E-state index in [1.54, 1.807) is 11.0 Å². The summed E-state index contributed by atoms with van der Waals surface area (Å²) in [7, 11) is 0. The third-order valence-corrected chi connectivity index (χ3v) is 3.91. The van der Waals surface area contributed by atoms with Crippen LogP contribution in [0.15, 0.2) is 36.9 Å². The van der Waals surface area contributed by atoms with Crippen molar-refractivity contribution in [2.24, 2.45) is 5.92 Å². The largest absolute Gasteiger partial charge is 0.349 e. The van der Waals surface area contributed by atoms with Crippen molar-refractivity contribution in [3.8, 4) is 5.69 Å². The molecule has 1 aliphatic rings. The van der Waals surface area contributed by atoms with Crippen LogP contribution >= 0.6 is 0 Å². The zero-order valence-corrected chi connectivity index (χ0v) is 11.5. The van der Waals surface area contributed by atoms with E-state index in [0.717, 1.165) is 24.1 Å². The molecule has 0 bridgehead atoms. The Bertz CT molecular complexity index is 572. The van der Waals surface area contributed by atoms with E-state index < -0.39 is 0 Å². The SMILES string of the molecule is C[C@@H](NC(=O)C1CCC1)c1ccc(-n2cncn2)cc1. The van der Waals surface area contributed by atoms with Gasteiger partial charge in [0.1, 0.15) is 12.7 Å². The number of carbonyl (C=O) groups is 1. The van der Waals surface area contributed by atoms with Crippen molar-refractivity contribution in [3.63, 3.8) is 0 Å². The van der Waals surface area contributed by atoms with Crippen LogP contribution in [0.25, 0.3) is 5.69 Å². The van der Waals surface area contributed by atoms with Gasteiger partial charge < -0.3 is 5.32 Å². The summed E-state index contributed by atoms with van der Waals surface area (Å²) in [5, 5.41) is 7.17. The molecular formula is C15H18N4O. The minimum Gasteiger partial charge on any atom is -0.349 e. The average Bonchev–Trinajstić information content (AvgIpc) is 2.90. The Labute approximate surface area is 118 Å². The highest BCUT2D eigenvalue weighted by molar-refractivity contribution is 5.79. The molecule has 1 amide bonds. The zero-order valence-electron chi connectivity index (χ0n) is 11.5. The number of nitrogens with zero attached hydrogens (tertiary/aromatic N) is 3. The minimum absolute atomic E-state index is 0.0351. The van der Waals surface area contributed by atoms with Crippen LogP contribution in [0.4, 0.5) is 0 Å². The first-order valence-corrected chi connectivity index (χ1v) is 6.99. The predicted octanol–water partition coefficient (Wildman–Crippen LogP) is 2.24. The molecule has 5 heteroatoms. The summed E-state index contributed by atoms with van der Waals surface area (Å²) in [5.41, 5.74) is 2.06. The van der Waals surface area contributed by atoms with Gasteiger partial charge in [-0.15, -0.1) is 0 Å². The zero-order chi connectivity index (χ0) is 13.9. The molecule has 0 unspecified atom stereocenters. The van der Waals surface area contributed by atoms with Gasteiger partial charge in [-0.05, 0) is 37.5 Å². The summed E-state index contributed by atoms with van der Waals surface area (Å²) in [5.74, 6) is 0.413. The highest BCUT2D eigenvalue weighted by Crippen LogP contribution is 2.27. The second-order valence-corrected chi connectivity index (χ2v) is 5.29. The van der Waals surface area contributed by atoms with Gasteiger partial charge in [0.05, 0.1) is 11.7 Å². The van der Waals surface area contributed by atoms with Crippen LogP contribution < -0.4 is 5.32 Å². The van der Waals surface area contributed by atoms with E-state index in [2.05, 4.69) is 15.4 Å². The lowest BCUT2D eigenvalue weighted by atomic mass is 9.84. The molecule has 1 fully saturated rings. The van der Waals surface area contributed by atoms with Gasteiger partial charge in [-0.2, -0.15) is 5.10 Å². The third-order valence-electron chi connectivity index (χ3n) is 3.91. The number of carbonyl (C=O) groups excluding carboxylic acids is 1. The Kier molecular flexibility index (Phi) is 3.50. The van der Waals surface area contributed by atoms with Crippen LogP contribution in [-0.4, -0.2) is 20.7 Å². The molecular weight excluding hydrogens is 252 g/mol. The smallest absolute Gasteiger partial charge is 0.223 e. The van der Waals surface area contributed by atoms with Crippen LogP contribution in [0.2, 0.25) is 0 Å². The Morgan fingerprint density at radius 3 is 2.65 bits per heavy atom. The first-order valence-electron chi connectivity index (χ1n) is 6.99. The molecule has 1 aromatic carbocycles. The molecule has 0 saturated heterocycles. The van der Waals surface area contributed by atoms with Gasteiger partial charge in [-0.3, -0.25) is 4.79 Å². The van der Waals surface area contributed by atoms with Gasteiger partial charge in [0.2, 0.25) is 5.91 Å². The van der Waals surface area contributed by atoms with Gasteiger partial charge in [-0.25, -0.2) is 9.67 Å². The highest BCUT2D eigenvalue weighted by atomic mass is 16.2. The normalized spacial score (nSPS) is 16.4. The summed E-state index contributed by atoms with van der Waals surface area (Å²) >= 11 is 0. The number of benzene rings is 1. The standard InChI is InChI=1S/C15H18N4O/c1-11(18-15(20)13-3-2-4-13)12-5-7-14(8-6-12)19-10-16-9-17-19/h5-11,13H,2-4H2,1H3,(H,18,20)/t11-/m1/s1. The number of hydrogen-bond donors (Lipinski definition) is 1. The van der Waals surface area contributed by atoms with Crippen LogP contribution in [0.5, 0.6) is 0 Å². The molecule has 0 radical (unpaired) electrons. The van der Waals surface area contributed by atoms with Crippen LogP contribution in [0, 0.1) is 5.92 Å². The van der Waals surface area contributed by atoms with Crippen molar-refractivity contribution in [1.82, 2.24) is 20.1 Å². The first kappa shape index (κ1) is 12.8. The lowest BCUT2D eigenvalue weighted by molar-refractivity contribution is -0.128. The molecule has 1 heterocycles. The van der Waals surface area contributed by atoms with Crippen LogP contribution in [0.1, 0.15) is 37.8 Å². The van der Waals surface area contributed by atoms with Gasteiger partial charge in [0, 0.05) is 5.92 Å². The van der Waals surface area contributed by atoms with E-state index in [9.17, 15) is 4.79 Å². The lowest BCUT2D eigenvalue weighted by Crippen LogP contribution is -2.35. The Morgan fingerprint density at radius 1 is 1.35 bits per heavy atom. The van der Waals surface area contributed by atoms with Crippen LogP contribution in [-0.2, 0) is 4.79 Å².